The van der Waals surface area contributed by atoms with Gasteiger partial charge in [-0.05, 0) is 25.9 Å². The number of nitrogens with zero attached hydrogens (tertiary/aromatic N) is 1. The first-order valence-electron chi connectivity index (χ1n) is 12.1. The highest BCUT2D eigenvalue weighted by molar-refractivity contribution is 6.60. The Morgan fingerprint density at radius 1 is 0.700 bits per heavy atom. The van der Waals surface area contributed by atoms with E-state index in [2.05, 4.69) is 11.8 Å². The number of rotatable bonds is 23. The van der Waals surface area contributed by atoms with E-state index >= 15 is 0 Å². The summed E-state index contributed by atoms with van der Waals surface area (Å²) >= 11 is 0. The third-order valence-corrected chi connectivity index (χ3v) is 8.69. The molecule has 0 fully saturated rings. The molecule has 0 spiro atoms. The summed E-state index contributed by atoms with van der Waals surface area (Å²) in [7, 11) is 2.36. The van der Waals surface area contributed by atoms with Crippen LogP contribution in [0.25, 0.3) is 0 Å². The number of aliphatic carboxylic acids is 1. The zero-order valence-electron chi connectivity index (χ0n) is 20.3. The van der Waals surface area contributed by atoms with Gasteiger partial charge in [0.15, 0.2) is 0 Å². The molecule has 0 aliphatic carbocycles. The second-order valence-electron chi connectivity index (χ2n) is 8.27. The Balaban J connectivity index is 3.91. The largest absolute Gasteiger partial charge is 0.500 e. The van der Waals surface area contributed by atoms with Crippen LogP contribution < -0.4 is 0 Å². The fraction of sp³-hybridized carbons (Fsp3) is 0.957. The van der Waals surface area contributed by atoms with Gasteiger partial charge in [-0.25, -0.2) is 0 Å². The minimum absolute atomic E-state index is 0.194. The van der Waals surface area contributed by atoms with E-state index < -0.39 is 14.8 Å². The van der Waals surface area contributed by atoms with Crippen molar-refractivity contribution in [1.82, 2.24) is 4.90 Å². The van der Waals surface area contributed by atoms with Crippen LogP contribution >= 0.6 is 0 Å². The van der Waals surface area contributed by atoms with Crippen LogP contribution in [0.4, 0.5) is 0 Å². The number of carboxylic acids is 1. The van der Waals surface area contributed by atoms with Crippen LogP contribution in [0.15, 0.2) is 0 Å². The van der Waals surface area contributed by atoms with E-state index in [0.29, 0.717) is 6.54 Å². The van der Waals surface area contributed by atoms with Crippen LogP contribution in [-0.4, -0.2) is 65.7 Å². The monoisotopic (exact) mass is 447 g/mol. The van der Waals surface area contributed by atoms with E-state index in [1.165, 1.54) is 70.6 Å². The van der Waals surface area contributed by atoms with Crippen molar-refractivity contribution in [2.75, 3.05) is 41.0 Å². The van der Waals surface area contributed by atoms with E-state index in [1.807, 2.05) is 0 Å². The van der Waals surface area contributed by atoms with Crippen molar-refractivity contribution in [3.05, 3.63) is 0 Å². The maximum Gasteiger partial charge on any atom is 0.500 e. The quantitative estimate of drug-likeness (QED) is 0.159. The summed E-state index contributed by atoms with van der Waals surface area (Å²) in [5.41, 5.74) is 0. The predicted molar refractivity (Wildman–Crippen MR) is 126 cm³/mol. The molecule has 0 aromatic rings. The van der Waals surface area contributed by atoms with Crippen molar-refractivity contribution in [3.8, 4) is 0 Å². The highest BCUT2D eigenvalue weighted by Crippen LogP contribution is 2.16. The molecule has 0 radical (unpaired) electrons. The van der Waals surface area contributed by atoms with Gasteiger partial charge < -0.3 is 23.3 Å². The zero-order valence-corrected chi connectivity index (χ0v) is 21.3. The molecule has 0 aromatic carbocycles. The van der Waals surface area contributed by atoms with Gasteiger partial charge >= 0.3 is 14.8 Å². The molecule has 0 amide bonds. The standard InChI is InChI=1S/C23H49NO5Si/c1-5-6-7-8-9-10-11-12-13-14-15-16-19-24(21-18-23(25)26)20-17-22-30(27-2,28-3)29-4/h5-22H2,1-4H3,(H,25,26). The van der Waals surface area contributed by atoms with E-state index in [4.69, 9.17) is 18.4 Å². The van der Waals surface area contributed by atoms with Gasteiger partial charge in [-0.2, -0.15) is 0 Å². The second kappa shape index (κ2) is 20.4. The topological polar surface area (TPSA) is 68.2 Å². The van der Waals surface area contributed by atoms with Crippen molar-refractivity contribution in [2.24, 2.45) is 0 Å². The molecule has 0 aromatic heterocycles. The van der Waals surface area contributed by atoms with Crippen molar-refractivity contribution in [3.63, 3.8) is 0 Å². The maximum absolute atomic E-state index is 11.0. The Morgan fingerprint density at radius 3 is 1.57 bits per heavy atom. The van der Waals surface area contributed by atoms with E-state index in [1.54, 1.807) is 21.3 Å². The summed E-state index contributed by atoms with van der Waals surface area (Å²) in [5, 5.41) is 9.02. The number of unbranched alkanes of at least 4 members (excludes halogenated alkanes) is 11. The number of hydrogen-bond acceptors (Lipinski definition) is 5. The number of carboxylic acid groups (broad SMARTS) is 1. The molecule has 7 heteroatoms. The summed E-state index contributed by atoms with van der Waals surface area (Å²) < 4.78 is 16.4. The van der Waals surface area contributed by atoms with E-state index in [9.17, 15) is 4.79 Å². The lowest BCUT2D eigenvalue weighted by molar-refractivity contribution is -0.137. The molecular weight excluding hydrogens is 398 g/mol. The van der Waals surface area contributed by atoms with Gasteiger partial charge in [0.25, 0.3) is 0 Å². The minimum atomic E-state index is -2.54. The van der Waals surface area contributed by atoms with Crippen molar-refractivity contribution in [2.45, 2.75) is 103 Å². The third kappa shape index (κ3) is 16.2. The molecule has 0 rings (SSSR count). The summed E-state index contributed by atoms with van der Waals surface area (Å²) in [5.74, 6) is -0.732. The van der Waals surface area contributed by atoms with Crippen LogP contribution in [0.3, 0.4) is 0 Å². The molecule has 0 bridgehead atoms. The molecular formula is C23H49NO5Si. The molecule has 0 heterocycles. The molecule has 30 heavy (non-hydrogen) atoms. The van der Waals surface area contributed by atoms with E-state index in [-0.39, 0.29) is 6.42 Å². The third-order valence-electron chi connectivity index (χ3n) is 5.86. The van der Waals surface area contributed by atoms with Crippen LogP contribution in [0, 0.1) is 0 Å². The summed E-state index contributed by atoms with van der Waals surface area (Å²) in [6.45, 7) is 4.69. The average molecular weight is 448 g/mol. The van der Waals surface area contributed by atoms with Gasteiger partial charge in [-0.15, -0.1) is 0 Å². The molecule has 180 valence electrons. The molecule has 1 N–H and O–H groups in total. The first kappa shape index (κ1) is 29.5. The highest BCUT2D eigenvalue weighted by atomic mass is 28.4. The molecule has 6 nitrogen and oxygen atoms in total. The van der Waals surface area contributed by atoms with Gasteiger partial charge in [0.2, 0.25) is 0 Å². The van der Waals surface area contributed by atoms with Gasteiger partial charge in [-0.3, -0.25) is 4.79 Å². The molecule has 0 aliphatic rings. The van der Waals surface area contributed by atoms with Gasteiger partial charge in [0.1, 0.15) is 0 Å². The summed E-state index contributed by atoms with van der Waals surface area (Å²) in [4.78, 5) is 13.2. The molecule has 0 saturated carbocycles. The highest BCUT2D eigenvalue weighted by Gasteiger charge is 2.37. The molecule has 0 aliphatic heterocycles. The van der Waals surface area contributed by atoms with Crippen LogP contribution in [0.5, 0.6) is 0 Å². The fourth-order valence-corrected chi connectivity index (χ4v) is 5.54. The minimum Gasteiger partial charge on any atom is -0.481 e. The molecule has 0 atom stereocenters. The SMILES string of the molecule is CCCCCCCCCCCCCCN(CCC[Si](OC)(OC)OC)CCC(=O)O. The Morgan fingerprint density at radius 2 is 1.13 bits per heavy atom. The normalized spacial score (nSPS) is 12.0. The number of hydrogen-bond donors (Lipinski definition) is 1. The first-order valence-corrected chi connectivity index (χ1v) is 14.1. The smallest absolute Gasteiger partial charge is 0.481 e. The Bertz CT molecular complexity index is 386. The Labute approximate surface area is 187 Å². The second-order valence-corrected chi connectivity index (χ2v) is 11.4. The summed E-state index contributed by atoms with van der Waals surface area (Å²) in [6.07, 6.45) is 17.1. The van der Waals surface area contributed by atoms with Gasteiger partial charge in [-0.1, -0.05) is 77.6 Å². The van der Waals surface area contributed by atoms with Gasteiger partial charge in [0.05, 0.1) is 6.42 Å². The number of carbonyl (C=O) groups is 1. The van der Waals surface area contributed by atoms with E-state index in [0.717, 1.165) is 32.0 Å². The van der Waals surface area contributed by atoms with Crippen LogP contribution in [-0.2, 0) is 18.1 Å². The lowest BCUT2D eigenvalue weighted by Crippen LogP contribution is -2.43. The van der Waals surface area contributed by atoms with Crippen molar-refractivity contribution < 1.29 is 23.2 Å². The van der Waals surface area contributed by atoms with Gasteiger partial charge in [0, 0.05) is 33.9 Å². The maximum atomic E-state index is 11.0. The van der Waals surface area contributed by atoms with Crippen molar-refractivity contribution in [1.29, 1.82) is 0 Å². The Hall–Kier alpha value is -0.473. The lowest BCUT2D eigenvalue weighted by atomic mass is 10.1. The molecule has 0 unspecified atom stereocenters. The average Bonchev–Trinajstić information content (AvgIpc) is 2.75. The predicted octanol–water partition coefficient (Wildman–Crippen LogP) is 5.73. The van der Waals surface area contributed by atoms with Crippen LogP contribution in [0.1, 0.15) is 96.8 Å². The fourth-order valence-electron chi connectivity index (χ4n) is 3.84. The lowest BCUT2D eigenvalue weighted by Gasteiger charge is -2.26. The van der Waals surface area contributed by atoms with Crippen molar-refractivity contribution >= 4 is 14.8 Å². The zero-order chi connectivity index (χ0) is 22.5. The Kier molecular flexibility index (Phi) is 20.1. The summed E-state index contributed by atoms with van der Waals surface area (Å²) in [6, 6.07) is 0.749. The first-order chi connectivity index (χ1) is 14.5. The molecule has 0 saturated heterocycles. The van der Waals surface area contributed by atoms with Crippen LogP contribution in [0.2, 0.25) is 6.04 Å².